The summed E-state index contributed by atoms with van der Waals surface area (Å²) >= 11 is 0. The summed E-state index contributed by atoms with van der Waals surface area (Å²) < 4.78 is 42.2. The molecule has 29 heavy (non-hydrogen) atoms. The van der Waals surface area contributed by atoms with Crippen LogP contribution in [-0.4, -0.2) is 48.0 Å². The number of nitrogens with one attached hydrogen (secondary N) is 1. The highest BCUT2D eigenvalue weighted by atomic mass is 32.2. The number of carbonyl (C=O) groups excluding carboxylic acids is 1. The zero-order valence-electron chi connectivity index (χ0n) is 16.3. The van der Waals surface area contributed by atoms with Crippen molar-refractivity contribution in [1.29, 1.82) is 0 Å². The van der Waals surface area contributed by atoms with Crippen LogP contribution in [0.4, 0.5) is 4.39 Å². The quantitative estimate of drug-likeness (QED) is 0.629. The Balaban J connectivity index is 1.43. The van der Waals surface area contributed by atoms with E-state index in [1.54, 1.807) is 6.20 Å². The molecule has 1 atom stereocenters. The fourth-order valence-electron chi connectivity index (χ4n) is 3.58. The average molecular weight is 423 g/mol. The molecular formula is C20H27FN4O3S. The molecule has 1 N–H and O–H groups in total. The smallest absolute Gasteiger partial charge is 0.243 e. The molecule has 3 rings (SSSR count). The van der Waals surface area contributed by atoms with Crippen LogP contribution in [0.1, 0.15) is 32.1 Å². The van der Waals surface area contributed by atoms with E-state index in [4.69, 9.17) is 0 Å². The Morgan fingerprint density at radius 1 is 1.31 bits per heavy atom. The van der Waals surface area contributed by atoms with Crippen molar-refractivity contribution < 1.29 is 17.6 Å². The van der Waals surface area contributed by atoms with Crippen LogP contribution < -0.4 is 5.32 Å². The first-order valence-corrected chi connectivity index (χ1v) is 11.4. The maximum atomic E-state index is 13.4. The summed E-state index contributed by atoms with van der Waals surface area (Å²) in [5, 5.41) is 7.02. The number of piperidine rings is 1. The summed E-state index contributed by atoms with van der Waals surface area (Å²) in [6.45, 7) is 2.13. The van der Waals surface area contributed by atoms with Gasteiger partial charge in [-0.25, -0.2) is 12.8 Å². The van der Waals surface area contributed by atoms with Crippen LogP contribution in [0.3, 0.4) is 0 Å². The maximum absolute atomic E-state index is 13.4. The second-order valence-electron chi connectivity index (χ2n) is 7.34. The molecule has 1 aromatic heterocycles. The number of aryl methyl sites for hydroxylation is 1. The average Bonchev–Trinajstić information content (AvgIpc) is 3.23. The minimum absolute atomic E-state index is 0.0180. The SMILES string of the molecule is O=C(CCC1CCCN(S(=O)(=O)c2cccc(F)c2)C1)NCCCn1cccn1. The number of nitrogens with zero attached hydrogens (tertiary/aromatic N) is 3. The van der Waals surface area contributed by atoms with Crippen LogP contribution in [0.25, 0.3) is 0 Å². The van der Waals surface area contributed by atoms with E-state index in [0.717, 1.165) is 31.9 Å². The second-order valence-corrected chi connectivity index (χ2v) is 9.28. The molecule has 1 aromatic carbocycles. The molecular weight excluding hydrogens is 395 g/mol. The first kappa shape index (κ1) is 21.4. The minimum Gasteiger partial charge on any atom is -0.356 e. The van der Waals surface area contributed by atoms with E-state index >= 15 is 0 Å². The molecule has 0 bridgehead atoms. The molecule has 0 saturated carbocycles. The highest BCUT2D eigenvalue weighted by Gasteiger charge is 2.30. The number of benzene rings is 1. The molecule has 1 aliphatic heterocycles. The van der Waals surface area contributed by atoms with Gasteiger partial charge in [0.1, 0.15) is 5.82 Å². The number of amides is 1. The summed E-state index contributed by atoms with van der Waals surface area (Å²) in [7, 11) is -3.71. The summed E-state index contributed by atoms with van der Waals surface area (Å²) in [6.07, 6.45) is 7.05. The molecule has 1 amide bonds. The highest BCUT2D eigenvalue weighted by Crippen LogP contribution is 2.26. The molecule has 1 unspecified atom stereocenters. The fourth-order valence-corrected chi connectivity index (χ4v) is 5.17. The molecule has 0 radical (unpaired) electrons. The van der Waals surface area contributed by atoms with Crippen LogP contribution in [-0.2, 0) is 21.4 Å². The van der Waals surface area contributed by atoms with Crippen molar-refractivity contribution in [2.24, 2.45) is 5.92 Å². The fraction of sp³-hybridized carbons (Fsp3) is 0.500. The van der Waals surface area contributed by atoms with Crippen LogP contribution in [0.2, 0.25) is 0 Å². The summed E-state index contributed by atoms with van der Waals surface area (Å²) in [6, 6.07) is 6.96. The Kier molecular flexibility index (Phi) is 7.38. The van der Waals surface area contributed by atoms with Gasteiger partial charge in [0.15, 0.2) is 0 Å². The third-order valence-electron chi connectivity index (χ3n) is 5.14. The van der Waals surface area contributed by atoms with Gasteiger partial charge in [-0.3, -0.25) is 9.48 Å². The monoisotopic (exact) mass is 422 g/mol. The Morgan fingerprint density at radius 3 is 2.93 bits per heavy atom. The molecule has 9 heteroatoms. The first-order chi connectivity index (χ1) is 13.9. The lowest BCUT2D eigenvalue weighted by molar-refractivity contribution is -0.121. The van der Waals surface area contributed by atoms with Crippen LogP contribution >= 0.6 is 0 Å². The Morgan fingerprint density at radius 2 is 2.17 bits per heavy atom. The zero-order chi connectivity index (χ0) is 20.7. The van der Waals surface area contributed by atoms with Crippen LogP contribution in [0, 0.1) is 11.7 Å². The van der Waals surface area contributed by atoms with E-state index in [1.165, 1.54) is 22.5 Å². The first-order valence-electron chi connectivity index (χ1n) is 9.95. The van der Waals surface area contributed by atoms with Gasteiger partial charge in [-0.15, -0.1) is 0 Å². The van der Waals surface area contributed by atoms with E-state index in [0.29, 0.717) is 32.5 Å². The van der Waals surface area contributed by atoms with E-state index in [9.17, 15) is 17.6 Å². The molecule has 1 fully saturated rings. The van der Waals surface area contributed by atoms with Gasteiger partial charge in [-0.05, 0) is 55.9 Å². The largest absolute Gasteiger partial charge is 0.356 e. The molecule has 7 nitrogen and oxygen atoms in total. The number of halogens is 1. The topological polar surface area (TPSA) is 84.3 Å². The molecule has 158 valence electrons. The number of hydrogen-bond acceptors (Lipinski definition) is 4. The number of hydrogen-bond donors (Lipinski definition) is 1. The normalized spacial score (nSPS) is 17.9. The van der Waals surface area contributed by atoms with Gasteiger partial charge in [0, 0.05) is 45.0 Å². The predicted octanol–water partition coefficient (Wildman–Crippen LogP) is 2.41. The van der Waals surface area contributed by atoms with Crippen molar-refractivity contribution in [1.82, 2.24) is 19.4 Å². The molecule has 0 spiro atoms. The lowest BCUT2D eigenvalue weighted by Gasteiger charge is -2.32. The molecule has 1 saturated heterocycles. The Bertz CT molecular complexity index is 902. The Hall–Kier alpha value is -2.26. The Labute approximate surface area is 171 Å². The van der Waals surface area contributed by atoms with Gasteiger partial charge in [0.2, 0.25) is 15.9 Å². The predicted molar refractivity (Wildman–Crippen MR) is 107 cm³/mol. The van der Waals surface area contributed by atoms with Gasteiger partial charge in [0.05, 0.1) is 4.90 Å². The van der Waals surface area contributed by atoms with Crippen molar-refractivity contribution in [3.63, 3.8) is 0 Å². The molecule has 2 heterocycles. The standard InChI is InChI=1S/C20H27FN4O3S/c21-18-6-1-7-19(15-18)29(27,28)25-14-2-5-17(16-25)8-9-20(26)22-10-3-12-24-13-4-11-23-24/h1,4,6-7,11,13,15,17H,2-3,5,8-10,12,14,16H2,(H,22,26). The van der Waals surface area contributed by atoms with Gasteiger partial charge in [0.25, 0.3) is 0 Å². The maximum Gasteiger partial charge on any atom is 0.243 e. The molecule has 2 aromatic rings. The van der Waals surface area contributed by atoms with Gasteiger partial charge in [-0.2, -0.15) is 9.40 Å². The summed E-state index contributed by atoms with van der Waals surface area (Å²) in [5.74, 6) is -0.457. The lowest BCUT2D eigenvalue weighted by Crippen LogP contribution is -2.40. The molecule has 0 aliphatic carbocycles. The van der Waals surface area contributed by atoms with E-state index in [2.05, 4.69) is 10.4 Å². The van der Waals surface area contributed by atoms with Crippen LogP contribution in [0.15, 0.2) is 47.6 Å². The lowest BCUT2D eigenvalue weighted by atomic mass is 9.94. The van der Waals surface area contributed by atoms with Crippen molar-refractivity contribution in [3.05, 3.63) is 48.5 Å². The number of rotatable bonds is 9. The third-order valence-corrected chi connectivity index (χ3v) is 7.00. The number of sulfonamides is 1. The number of carbonyl (C=O) groups is 1. The van der Waals surface area contributed by atoms with Gasteiger partial charge in [-0.1, -0.05) is 6.07 Å². The van der Waals surface area contributed by atoms with E-state index in [-0.39, 0.29) is 16.7 Å². The van der Waals surface area contributed by atoms with Crippen molar-refractivity contribution >= 4 is 15.9 Å². The summed E-state index contributed by atoms with van der Waals surface area (Å²) in [5.41, 5.74) is 0. The minimum atomic E-state index is -3.71. The van der Waals surface area contributed by atoms with Gasteiger partial charge < -0.3 is 5.32 Å². The zero-order valence-corrected chi connectivity index (χ0v) is 17.2. The van der Waals surface area contributed by atoms with Crippen molar-refractivity contribution in [2.75, 3.05) is 19.6 Å². The van der Waals surface area contributed by atoms with E-state index < -0.39 is 15.8 Å². The van der Waals surface area contributed by atoms with E-state index in [1.807, 2.05) is 16.9 Å². The van der Waals surface area contributed by atoms with Crippen molar-refractivity contribution in [3.8, 4) is 0 Å². The second kappa shape index (κ2) is 9.98. The van der Waals surface area contributed by atoms with Crippen LogP contribution in [0.5, 0.6) is 0 Å². The summed E-state index contributed by atoms with van der Waals surface area (Å²) in [4.78, 5) is 12.1. The van der Waals surface area contributed by atoms with Gasteiger partial charge >= 0.3 is 0 Å². The molecule has 1 aliphatic rings. The van der Waals surface area contributed by atoms with Crippen molar-refractivity contribution in [2.45, 2.75) is 43.5 Å². The number of aromatic nitrogens is 2. The highest BCUT2D eigenvalue weighted by molar-refractivity contribution is 7.89. The third kappa shape index (κ3) is 6.11.